The van der Waals surface area contributed by atoms with Crippen LogP contribution in [0.2, 0.25) is 0 Å². The molecule has 35 heavy (non-hydrogen) atoms. The van der Waals surface area contributed by atoms with Gasteiger partial charge in [-0.15, -0.1) is 0 Å². The summed E-state index contributed by atoms with van der Waals surface area (Å²) in [7, 11) is -3.36. The Morgan fingerprint density at radius 1 is 1.20 bits per heavy atom. The van der Waals surface area contributed by atoms with Crippen molar-refractivity contribution in [2.24, 2.45) is 0 Å². The maximum Gasteiger partial charge on any atom is 0.340 e. The van der Waals surface area contributed by atoms with Crippen molar-refractivity contribution in [2.45, 2.75) is 20.4 Å². The van der Waals surface area contributed by atoms with Crippen LogP contribution in [0.5, 0.6) is 5.75 Å². The molecule has 0 fully saturated rings. The molecule has 184 valence electrons. The van der Waals surface area contributed by atoms with Crippen LogP contribution >= 0.6 is 0 Å². The van der Waals surface area contributed by atoms with Gasteiger partial charge in [0.25, 0.3) is 0 Å². The third-order valence-corrected chi connectivity index (χ3v) is 5.97. The highest BCUT2D eigenvalue weighted by Crippen LogP contribution is 2.39. The molecule has 0 radical (unpaired) electrons. The van der Waals surface area contributed by atoms with E-state index >= 15 is 0 Å². The van der Waals surface area contributed by atoms with Gasteiger partial charge in [0.05, 0.1) is 17.9 Å². The van der Waals surface area contributed by atoms with Gasteiger partial charge in [-0.25, -0.2) is 17.6 Å². The first-order chi connectivity index (χ1) is 16.5. The highest BCUT2D eigenvalue weighted by molar-refractivity contribution is 7.90. The quantitative estimate of drug-likeness (QED) is 0.349. The lowest BCUT2D eigenvalue weighted by molar-refractivity contribution is 0.0699. The number of aromatic nitrogens is 2. The van der Waals surface area contributed by atoms with Crippen molar-refractivity contribution in [2.75, 3.05) is 24.1 Å². The maximum atomic E-state index is 13.4. The van der Waals surface area contributed by atoms with Crippen molar-refractivity contribution in [3.05, 3.63) is 65.2 Å². The lowest BCUT2D eigenvalue weighted by atomic mass is 10.0. The van der Waals surface area contributed by atoms with E-state index in [4.69, 9.17) is 9.15 Å². The highest BCUT2D eigenvalue weighted by atomic mass is 32.2. The first-order valence-electron chi connectivity index (χ1n) is 10.7. The monoisotopic (exact) mass is 501 g/mol. The van der Waals surface area contributed by atoms with E-state index in [2.05, 4.69) is 10.4 Å². The van der Waals surface area contributed by atoms with E-state index in [0.717, 1.165) is 17.6 Å². The average molecular weight is 502 g/mol. The molecule has 2 aromatic carbocycles. The van der Waals surface area contributed by atoms with Gasteiger partial charge in [-0.1, -0.05) is 0 Å². The lowest BCUT2D eigenvalue weighted by Crippen LogP contribution is -2.15. The topological polar surface area (TPSA) is 124 Å². The van der Waals surface area contributed by atoms with Gasteiger partial charge >= 0.3 is 5.97 Å². The van der Waals surface area contributed by atoms with E-state index < -0.39 is 21.6 Å². The zero-order valence-corrected chi connectivity index (χ0v) is 20.1. The fourth-order valence-corrected chi connectivity index (χ4v) is 4.17. The molecule has 0 aliphatic rings. The van der Waals surface area contributed by atoms with Gasteiger partial charge in [-0.05, 0) is 50.2 Å². The first kappa shape index (κ1) is 24.3. The van der Waals surface area contributed by atoms with E-state index in [-0.39, 0.29) is 40.5 Å². The number of carboxylic acids is 1. The SMILES string of the molecule is Cc1cc(C)n(CCOc2cc3c(C(=O)O)c(-c4ccc(F)cc4)oc3cc2NCS(C)(=O)=O)n1. The minimum Gasteiger partial charge on any atom is -0.489 e. The number of aryl methyl sites for hydroxylation is 2. The minimum absolute atomic E-state index is 0.0568. The molecule has 4 aromatic rings. The van der Waals surface area contributed by atoms with Crippen LogP contribution in [-0.2, 0) is 16.4 Å². The first-order valence-corrected chi connectivity index (χ1v) is 12.7. The second-order valence-electron chi connectivity index (χ2n) is 8.21. The number of nitrogens with one attached hydrogen (secondary N) is 1. The number of carbonyl (C=O) groups is 1. The molecule has 11 heteroatoms. The molecule has 0 amide bonds. The Hall–Kier alpha value is -3.86. The number of benzene rings is 2. The molecule has 2 aromatic heterocycles. The van der Waals surface area contributed by atoms with Gasteiger partial charge in [-0.2, -0.15) is 5.10 Å². The smallest absolute Gasteiger partial charge is 0.340 e. The Bertz CT molecular complexity index is 1510. The lowest BCUT2D eigenvalue weighted by Gasteiger charge is -2.14. The van der Waals surface area contributed by atoms with Gasteiger partial charge in [0.1, 0.15) is 41.0 Å². The van der Waals surface area contributed by atoms with Crippen LogP contribution in [0.25, 0.3) is 22.3 Å². The predicted molar refractivity (Wildman–Crippen MR) is 129 cm³/mol. The molecule has 2 N–H and O–H groups in total. The fraction of sp³-hybridized carbons (Fsp3) is 0.250. The average Bonchev–Trinajstić information content (AvgIpc) is 3.30. The third-order valence-electron chi connectivity index (χ3n) is 5.30. The van der Waals surface area contributed by atoms with Crippen molar-refractivity contribution in [1.82, 2.24) is 9.78 Å². The molecular formula is C24H24FN3O6S. The Balaban J connectivity index is 1.75. The van der Waals surface area contributed by atoms with E-state index in [1.807, 2.05) is 19.9 Å². The molecule has 0 saturated carbocycles. The largest absolute Gasteiger partial charge is 0.489 e. The summed E-state index contributed by atoms with van der Waals surface area (Å²) in [4.78, 5) is 12.1. The molecule has 0 atom stereocenters. The molecule has 0 aliphatic heterocycles. The van der Waals surface area contributed by atoms with Crippen molar-refractivity contribution in [1.29, 1.82) is 0 Å². The Morgan fingerprint density at radius 2 is 1.91 bits per heavy atom. The van der Waals surface area contributed by atoms with Crippen molar-refractivity contribution >= 4 is 32.5 Å². The molecule has 0 spiro atoms. The third kappa shape index (κ3) is 5.46. The van der Waals surface area contributed by atoms with Crippen LogP contribution in [0, 0.1) is 19.7 Å². The number of halogens is 1. The molecule has 9 nitrogen and oxygen atoms in total. The molecule has 2 heterocycles. The molecule has 0 bridgehead atoms. The summed E-state index contributed by atoms with van der Waals surface area (Å²) in [5.74, 6) is -1.73. The van der Waals surface area contributed by atoms with Gasteiger partial charge in [0, 0.05) is 29.0 Å². The number of aromatic carboxylic acids is 1. The molecular weight excluding hydrogens is 477 g/mol. The Morgan fingerprint density at radius 3 is 2.51 bits per heavy atom. The summed E-state index contributed by atoms with van der Waals surface area (Å²) in [5, 5.41) is 17.4. The van der Waals surface area contributed by atoms with Gasteiger partial charge in [-0.3, -0.25) is 4.68 Å². The Labute approximate surface area is 201 Å². The highest BCUT2D eigenvalue weighted by Gasteiger charge is 2.24. The summed E-state index contributed by atoms with van der Waals surface area (Å²) < 4.78 is 50.4. The number of furan rings is 1. The van der Waals surface area contributed by atoms with E-state index in [1.54, 1.807) is 4.68 Å². The Kier molecular flexibility index (Phi) is 6.53. The second kappa shape index (κ2) is 9.41. The van der Waals surface area contributed by atoms with Crippen LogP contribution in [0.3, 0.4) is 0 Å². The van der Waals surface area contributed by atoms with E-state index in [0.29, 0.717) is 17.8 Å². The zero-order chi connectivity index (χ0) is 25.3. The standard InChI is InChI=1S/C24H24FN3O6S/c1-14-10-15(2)28(27-14)8-9-33-21-11-18-20(12-19(21)26-13-35(3,31)32)34-23(22(18)24(29)30)16-4-6-17(25)7-5-16/h4-7,10-12,26H,8-9,13H2,1-3H3,(H,29,30). The number of fused-ring (bicyclic) bond motifs is 1. The summed E-state index contributed by atoms with van der Waals surface area (Å²) in [5.41, 5.74) is 2.65. The number of ether oxygens (including phenoxy) is 1. The number of hydrogen-bond donors (Lipinski definition) is 2. The van der Waals surface area contributed by atoms with Crippen LogP contribution in [0.15, 0.2) is 46.9 Å². The van der Waals surface area contributed by atoms with Crippen molar-refractivity contribution in [3.63, 3.8) is 0 Å². The molecule has 0 saturated heterocycles. The number of rotatable bonds is 9. The summed E-state index contributed by atoms with van der Waals surface area (Å²) in [6, 6.07) is 10.2. The van der Waals surface area contributed by atoms with Gasteiger partial charge < -0.3 is 19.6 Å². The summed E-state index contributed by atoms with van der Waals surface area (Å²) >= 11 is 0. The van der Waals surface area contributed by atoms with Crippen LogP contribution in [0.1, 0.15) is 21.7 Å². The molecule has 4 rings (SSSR count). The molecule has 0 aliphatic carbocycles. The number of hydrogen-bond acceptors (Lipinski definition) is 7. The number of carboxylic acid groups (broad SMARTS) is 1. The summed E-state index contributed by atoms with van der Waals surface area (Å²) in [6.45, 7) is 4.44. The summed E-state index contributed by atoms with van der Waals surface area (Å²) in [6.07, 6.45) is 1.09. The van der Waals surface area contributed by atoms with E-state index in [9.17, 15) is 22.7 Å². The van der Waals surface area contributed by atoms with E-state index in [1.165, 1.54) is 36.4 Å². The van der Waals surface area contributed by atoms with Crippen molar-refractivity contribution < 1.29 is 31.9 Å². The minimum atomic E-state index is -3.36. The maximum absolute atomic E-state index is 13.4. The molecule has 0 unspecified atom stereocenters. The van der Waals surface area contributed by atoms with Gasteiger partial charge in [0.15, 0.2) is 9.84 Å². The number of sulfone groups is 1. The number of anilines is 1. The van der Waals surface area contributed by atoms with Crippen LogP contribution in [-0.4, -0.2) is 48.0 Å². The van der Waals surface area contributed by atoms with Crippen LogP contribution in [0.4, 0.5) is 10.1 Å². The second-order valence-corrected chi connectivity index (χ2v) is 10.3. The van der Waals surface area contributed by atoms with Crippen molar-refractivity contribution in [3.8, 4) is 17.1 Å². The zero-order valence-electron chi connectivity index (χ0n) is 19.3. The number of nitrogens with zero attached hydrogens (tertiary/aromatic N) is 2. The predicted octanol–water partition coefficient (Wildman–Crippen LogP) is 4.24. The fourth-order valence-electron chi connectivity index (χ4n) is 3.75. The normalized spacial score (nSPS) is 11.7. The van der Waals surface area contributed by atoms with Crippen LogP contribution < -0.4 is 10.1 Å². The van der Waals surface area contributed by atoms with Gasteiger partial charge in [0.2, 0.25) is 0 Å².